The molecule has 0 unspecified atom stereocenters. The number of benzene rings is 2. The number of hydrogen-bond acceptors (Lipinski definition) is 5. The van der Waals surface area contributed by atoms with Gasteiger partial charge in [0, 0.05) is 40.6 Å². The summed E-state index contributed by atoms with van der Waals surface area (Å²) in [5.74, 6) is -0.889. The number of halogens is 3. The number of aliphatic carboxylic acids is 1. The lowest BCUT2D eigenvalue weighted by atomic mass is 9.95. The largest absolute Gasteiger partial charge is 0.573 e. The van der Waals surface area contributed by atoms with E-state index in [4.69, 9.17) is 9.84 Å². The summed E-state index contributed by atoms with van der Waals surface area (Å²) >= 11 is 0. The Balaban J connectivity index is 2.03. The van der Waals surface area contributed by atoms with Gasteiger partial charge < -0.3 is 25.0 Å². The number of anilines is 1. The number of aliphatic hydroxyl groups is 1. The molecule has 0 aliphatic carbocycles. The molecule has 0 atom stereocenters. The van der Waals surface area contributed by atoms with Crippen LogP contribution in [-0.4, -0.2) is 29.2 Å². The van der Waals surface area contributed by atoms with Crippen LogP contribution in [0.4, 0.5) is 18.9 Å². The summed E-state index contributed by atoms with van der Waals surface area (Å²) in [6, 6.07) is 7.01. The number of fused-ring (bicyclic) bond motifs is 1. The molecule has 2 aromatic rings. The van der Waals surface area contributed by atoms with Crippen LogP contribution in [0.25, 0.3) is 11.1 Å². The van der Waals surface area contributed by atoms with Crippen molar-refractivity contribution in [1.29, 1.82) is 0 Å². The lowest BCUT2D eigenvalue weighted by molar-refractivity contribution is -0.274. The maximum absolute atomic E-state index is 12.4. The van der Waals surface area contributed by atoms with E-state index in [0.29, 0.717) is 41.2 Å². The number of ether oxygens (including phenoxy) is 2. The maximum atomic E-state index is 12.4. The number of nitrogens with one attached hydrogen (secondary N) is 1. The van der Waals surface area contributed by atoms with Crippen molar-refractivity contribution in [2.75, 3.05) is 11.9 Å². The number of alkyl halides is 3. The average molecular weight is 409 g/mol. The molecule has 0 spiro atoms. The standard InChI is InChI=1S/C20H18F3NO5/c1-11(19(26)27)9-24-17-8-15(18-14(6-7-28-18)16(17)10-25)12-2-4-13(5-3-12)29-20(21,22)23/h2-5,8-9,24-25H,6-7,10H2,1H3,(H,26,27). The highest BCUT2D eigenvalue weighted by atomic mass is 19.4. The summed E-state index contributed by atoms with van der Waals surface area (Å²) in [5, 5.41) is 21.7. The van der Waals surface area contributed by atoms with E-state index >= 15 is 0 Å². The first-order valence-corrected chi connectivity index (χ1v) is 8.65. The Bertz CT molecular complexity index is 952. The van der Waals surface area contributed by atoms with Gasteiger partial charge in [0.1, 0.15) is 11.5 Å². The van der Waals surface area contributed by atoms with Gasteiger partial charge in [0.05, 0.1) is 13.2 Å². The topological polar surface area (TPSA) is 88.0 Å². The van der Waals surface area contributed by atoms with Crippen molar-refractivity contribution in [2.45, 2.75) is 26.3 Å². The number of rotatable bonds is 6. The van der Waals surface area contributed by atoms with E-state index in [9.17, 15) is 23.1 Å². The van der Waals surface area contributed by atoms with E-state index in [1.165, 1.54) is 37.4 Å². The second kappa shape index (κ2) is 8.04. The van der Waals surface area contributed by atoms with Gasteiger partial charge in [0.2, 0.25) is 0 Å². The van der Waals surface area contributed by atoms with Crippen LogP contribution in [0.5, 0.6) is 11.5 Å². The molecular weight excluding hydrogens is 391 g/mol. The summed E-state index contributed by atoms with van der Waals surface area (Å²) in [4.78, 5) is 11.0. The van der Waals surface area contributed by atoms with E-state index in [0.717, 1.165) is 5.56 Å². The number of hydrogen-bond donors (Lipinski definition) is 3. The minimum atomic E-state index is -4.78. The second-order valence-electron chi connectivity index (χ2n) is 6.36. The predicted molar refractivity (Wildman–Crippen MR) is 98.7 cm³/mol. The van der Waals surface area contributed by atoms with Crippen molar-refractivity contribution in [3.63, 3.8) is 0 Å². The van der Waals surface area contributed by atoms with E-state index in [-0.39, 0.29) is 17.9 Å². The molecule has 9 heteroatoms. The Labute approximate surface area is 164 Å². The Hall–Kier alpha value is -3.20. The van der Waals surface area contributed by atoms with Gasteiger partial charge in [0.25, 0.3) is 0 Å². The van der Waals surface area contributed by atoms with Gasteiger partial charge in [-0.2, -0.15) is 0 Å². The summed E-state index contributed by atoms with van der Waals surface area (Å²) in [6.45, 7) is 1.54. The van der Waals surface area contributed by atoms with Crippen LogP contribution in [0.1, 0.15) is 18.1 Å². The van der Waals surface area contributed by atoms with Gasteiger partial charge in [-0.25, -0.2) is 4.79 Å². The van der Waals surface area contributed by atoms with Gasteiger partial charge in [-0.3, -0.25) is 0 Å². The van der Waals surface area contributed by atoms with Crippen molar-refractivity contribution in [1.82, 2.24) is 0 Å². The van der Waals surface area contributed by atoms with Gasteiger partial charge in [-0.05, 0) is 30.7 Å². The number of carboxylic acid groups (broad SMARTS) is 1. The molecule has 3 rings (SSSR count). The van der Waals surface area contributed by atoms with Gasteiger partial charge in [-0.1, -0.05) is 12.1 Å². The van der Waals surface area contributed by atoms with E-state index in [1.54, 1.807) is 6.07 Å². The van der Waals surface area contributed by atoms with Crippen LogP contribution >= 0.6 is 0 Å². The van der Waals surface area contributed by atoms with Crippen molar-refractivity contribution < 1.29 is 37.7 Å². The minimum absolute atomic E-state index is 0.0702. The highest BCUT2D eigenvalue weighted by Gasteiger charge is 2.31. The van der Waals surface area contributed by atoms with Crippen LogP contribution < -0.4 is 14.8 Å². The summed E-state index contributed by atoms with van der Waals surface area (Å²) in [5.41, 5.74) is 3.10. The molecule has 1 heterocycles. The Morgan fingerprint density at radius 1 is 1.31 bits per heavy atom. The van der Waals surface area contributed by atoms with Gasteiger partial charge in [-0.15, -0.1) is 13.2 Å². The fraction of sp³-hybridized carbons (Fsp3) is 0.250. The summed E-state index contributed by atoms with van der Waals surface area (Å²) < 4.78 is 46.7. The summed E-state index contributed by atoms with van der Waals surface area (Å²) in [7, 11) is 0. The van der Waals surface area contributed by atoms with Crippen molar-refractivity contribution >= 4 is 11.7 Å². The predicted octanol–water partition coefficient (Wildman–Crippen LogP) is 4.08. The zero-order valence-corrected chi connectivity index (χ0v) is 15.3. The number of carbonyl (C=O) groups is 1. The van der Waals surface area contributed by atoms with Crippen LogP contribution in [-0.2, 0) is 17.8 Å². The third-order valence-corrected chi connectivity index (χ3v) is 4.43. The molecule has 0 fully saturated rings. The highest BCUT2D eigenvalue weighted by molar-refractivity contribution is 5.87. The normalized spacial score (nSPS) is 13.6. The highest BCUT2D eigenvalue weighted by Crippen LogP contribution is 2.43. The first kappa shape index (κ1) is 20.5. The lowest BCUT2D eigenvalue weighted by Gasteiger charge is -2.17. The zero-order valence-electron chi connectivity index (χ0n) is 15.3. The minimum Gasteiger partial charge on any atom is -0.492 e. The van der Waals surface area contributed by atoms with Crippen molar-refractivity contribution in [2.24, 2.45) is 0 Å². The number of carboxylic acids is 1. The fourth-order valence-corrected chi connectivity index (χ4v) is 3.05. The zero-order chi connectivity index (χ0) is 21.2. The molecule has 3 N–H and O–H groups in total. The van der Waals surface area contributed by atoms with Crippen LogP contribution in [0, 0.1) is 0 Å². The van der Waals surface area contributed by atoms with Gasteiger partial charge >= 0.3 is 12.3 Å². The van der Waals surface area contributed by atoms with Crippen LogP contribution in [0.15, 0.2) is 42.1 Å². The summed E-state index contributed by atoms with van der Waals surface area (Å²) in [6.07, 6.45) is -2.92. The third-order valence-electron chi connectivity index (χ3n) is 4.43. The molecule has 0 aromatic heterocycles. The Morgan fingerprint density at radius 3 is 2.59 bits per heavy atom. The van der Waals surface area contributed by atoms with Crippen molar-refractivity contribution in [3.05, 3.63) is 53.2 Å². The molecule has 0 radical (unpaired) electrons. The maximum Gasteiger partial charge on any atom is 0.573 e. The molecule has 2 aromatic carbocycles. The molecule has 154 valence electrons. The molecule has 0 amide bonds. The quantitative estimate of drug-likeness (QED) is 0.623. The van der Waals surface area contributed by atoms with E-state index in [1.807, 2.05) is 0 Å². The SMILES string of the molecule is CC(=CNc1cc(-c2ccc(OC(F)(F)F)cc2)c2c(c1CO)CCO2)C(=O)O. The molecule has 0 bridgehead atoms. The molecule has 0 saturated carbocycles. The van der Waals surface area contributed by atoms with Crippen LogP contribution in [0.3, 0.4) is 0 Å². The Morgan fingerprint density at radius 2 is 2.00 bits per heavy atom. The van der Waals surface area contributed by atoms with Gasteiger partial charge in [0.15, 0.2) is 0 Å². The van der Waals surface area contributed by atoms with E-state index in [2.05, 4.69) is 10.1 Å². The van der Waals surface area contributed by atoms with Crippen molar-refractivity contribution in [3.8, 4) is 22.6 Å². The average Bonchev–Trinajstić information content (AvgIpc) is 3.14. The molecule has 1 aliphatic rings. The first-order chi connectivity index (χ1) is 13.7. The molecule has 6 nitrogen and oxygen atoms in total. The smallest absolute Gasteiger partial charge is 0.492 e. The number of aliphatic hydroxyl groups excluding tert-OH is 1. The second-order valence-corrected chi connectivity index (χ2v) is 6.36. The fourth-order valence-electron chi connectivity index (χ4n) is 3.05. The molecule has 0 saturated heterocycles. The van der Waals surface area contributed by atoms with E-state index < -0.39 is 12.3 Å². The Kier molecular flexibility index (Phi) is 5.69. The van der Waals surface area contributed by atoms with Crippen LogP contribution in [0.2, 0.25) is 0 Å². The lowest BCUT2D eigenvalue weighted by Crippen LogP contribution is -2.16. The molecule has 29 heavy (non-hydrogen) atoms. The molecular formula is C20H18F3NO5. The first-order valence-electron chi connectivity index (χ1n) is 8.65. The molecule has 1 aliphatic heterocycles. The monoisotopic (exact) mass is 409 g/mol. The third kappa shape index (κ3) is 4.62.